The van der Waals surface area contributed by atoms with E-state index in [1.165, 1.54) is 38.5 Å². The molecule has 0 saturated carbocycles. The van der Waals surface area contributed by atoms with Crippen LogP contribution in [0.15, 0.2) is 30.3 Å². The summed E-state index contributed by atoms with van der Waals surface area (Å²) in [5, 5.41) is 28.5. The van der Waals surface area contributed by atoms with E-state index in [9.17, 15) is 20.1 Å². The summed E-state index contributed by atoms with van der Waals surface area (Å²) in [7, 11) is 2.70. The third-order valence-electron chi connectivity index (χ3n) is 2.88. The van der Waals surface area contributed by atoms with E-state index >= 15 is 0 Å². The minimum Gasteiger partial charge on any atom is -0.508 e. The average Bonchev–Trinajstić information content (AvgIpc) is 2.44. The molecule has 0 bridgehead atoms. The summed E-state index contributed by atoms with van der Waals surface area (Å²) in [5.74, 6) is -0.863. The van der Waals surface area contributed by atoms with Gasteiger partial charge in [-0.2, -0.15) is 0 Å². The van der Waals surface area contributed by atoms with E-state index in [-0.39, 0.29) is 39.9 Å². The van der Waals surface area contributed by atoms with E-state index in [1.54, 1.807) is 0 Å². The number of carbonyl (C=O) groups excluding carboxylic acids is 1. The summed E-state index contributed by atoms with van der Waals surface area (Å²) in [6.07, 6.45) is 0. The van der Waals surface area contributed by atoms with Crippen LogP contribution in [0.3, 0.4) is 0 Å². The first-order valence-electron chi connectivity index (χ1n) is 5.99. The second kappa shape index (κ2) is 5.62. The lowest BCUT2D eigenvalue weighted by molar-refractivity contribution is 0.103. The summed E-state index contributed by atoms with van der Waals surface area (Å²) >= 11 is 0. The SMILES string of the molecule is COc1cc(O)cc(OC)c1C(=O)c1cc(O)cc(O)c1. The van der Waals surface area contributed by atoms with Gasteiger partial charge in [0, 0.05) is 23.8 Å². The lowest BCUT2D eigenvalue weighted by atomic mass is 10.0. The summed E-state index contributed by atoms with van der Waals surface area (Å²) in [4.78, 5) is 12.6. The van der Waals surface area contributed by atoms with Gasteiger partial charge in [0.15, 0.2) is 0 Å². The number of phenols is 3. The van der Waals surface area contributed by atoms with Gasteiger partial charge in [-0.1, -0.05) is 0 Å². The number of carbonyl (C=O) groups is 1. The van der Waals surface area contributed by atoms with Crippen molar-refractivity contribution in [3.8, 4) is 28.7 Å². The molecule has 0 atom stereocenters. The van der Waals surface area contributed by atoms with Gasteiger partial charge in [0.2, 0.25) is 5.78 Å². The number of hydrogen-bond acceptors (Lipinski definition) is 6. The van der Waals surface area contributed by atoms with Gasteiger partial charge < -0.3 is 24.8 Å². The minimum absolute atomic E-state index is 0.0646. The number of ether oxygens (including phenoxy) is 2. The molecule has 0 spiro atoms. The molecule has 110 valence electrons. The van der Waals surface area contributed by atoms with Crippen molar-refractivity contribution in [2.75, 3.05) is 14.2 Å². The Morgan fingerprint density at radius 1 is 0.810 bits per heavy atom. The number of methoxy groups -OCH3 is 2. The third kappa shape index (κ3) is 2.84. The molecule has 0 aliphatic rings. The standard InChI is InChI=1S/C15H14O6/c1-20-12-6-11(18)7-13(21-2)14(12)15(19)8-3-9(16)5-10(17)4-8/h3-7,16-18H,1-2H3. The normalized spacial score (nSPS) is 10.2. The van der Waals surface area contributed by atoms with Crippen LogP contribution in [-0.2, 0) is 0 Å². The second-order valence-corrected chi connectivity index (χ2v) is 4.29. The first kappa shape index (κ1) is 14.5. The highest BCUT2D eigenvalue weighted by atomic mass is 16.5. The van der Waals surface area contributed by atoms with E-state index in [0.29, 0.717) is 0 Å². The maximum Gasteiger partial charge on any atom is 0.200 e. The van der Waals surface area contributed by atoms with Crippen LogP contribution in [0.2, 0.25) is 0 Å². The molecule has 0 amide bonds. The van der Waals surface area contributed by atoms with E-state index in [2.05, 4.69) is 0 Å². The number of ketones is 1. The van der Waals surface area contributed by atoms with Gasteiger partial charge in [0.1, 0.15) is 34.3 Å². The summed E-state index contributed by atoms with van der Waals surface area (Å²) in [6.45, 7) is 0. The van der Waals surface area contributed by atoms with Gasteiger partial charge in [-0.05, 0) is 12.1 Å². The van der Waals surface area contributed by atoms with E-state index in [4.69, 9.17) is 9.47 Å². The van der Waals surface area contributed by atoms with Gasteiger partial charge in [0.25, 0.3) is 0 Å². The van der Waals surface area contributed by atoms with Crippen LogP contribution < -0.4 is 9.47 Å². The molecule has 0 aliphatic carbocycles. The van der Waals surface area contributed by atoms with Crippen molar-refractivity contribution in [3.05, 3.63) is 41.5 Å². The van der Waals surface area contributed by atoms with Crippen LogP contribution in [0.5, 0.6) is 28.7 Å². The fraction of sp³-hybridized carbons (Fsp3) is 0.133. The van der Waals surface area contributed by atoms with Gasteiger partial charge in [-0.15, -0.1) is 0 Å². The molecule has 21 heavy (non-hydrogen) atoms. The molecule has 0 saturated heterocycles. The lowest BCUT2D eigenvalue weighted by Crippen LogP contribution is -2.06. The van der Waals surface area contributed by atoms with Crippen LogP contribution in [0.25, 0.3) is 0 Å². The molecule has 0 radical (unpaired) electrons. The Balaban J connectivity index is 2.62. The minimum atomic E-state index is -0.519. The number of phenolic OH excluding ortho intramolecular Hbond substituents is 3. The predicted molar refractivity (Wildman–Crippen MR) is 74.4 cm³/mol. The maximum absolute atomic E-state index is 12.6. The summed E-state index contributed by atoms with van der Waals surface area (Å²) in [6, 6.07) is 6.10. The summed E-state index contributed by atoms with van der Waals surface area (Å²) < 4.78 is 10.2. The lowest BCUT2D eigenvalue weighted by Gasteiger charge is -2.13. The quantitative estimate of drug-likeness (QED) is 0.746. The highest BCUT2D eigenvalue weighted by Crippen LogP contribution is 2.36. The van der Waals surface area contributed by atoms with E-state index < -0.39 is 5.78 Å². The zero-order chi connectivity index (χ0) is 15.6. The molecule has 0 heterocycles. The third-order valence-corrected chi connectivity index (χ3v) is 2.88. The highest BCUT2D eigenvalue weighted by Gasteiger charge is 2.22. The Hall–Kier alpha value is -2.89. The molecule has 0 fully saturated rings. The van der Waals surface area contributed by atoms with Crippen LogP contribution in [0.1, 0.15) is 15.9 Å². The molecule has 2 aromatic rings. The molecule has 6 heteroatoms. The van der Waals surface area contributed by atoms with Gasteiger partial charge in [0.05, 0.1) is 14.2 Å². The van der Waals surface area contributed by atoms with Crippen molar-refractivity contribution >= 4 is 5.78 Å². The van der Waals surface area contributed by atoms with Crippen molar-refractivity contribution in [2.24, 2.45) is 0 Å². The Kier molecular flexibility index (Phi) is 3.89. The second-order valence-electron chi connectivity index (χ2n) is 4.29. The van der Waals surface area contributed by atoms with E-state index in [1.807, 2.05) is 0 Å². The molecule has 6 nitrogen and oxygen atoms in total. The smallest absolute Gasteiger partial charge is 0.200 e. The topological polar surface area (TPSA) is 96.2 Å². The zero-order valence-corrected chi connectivity index (χ0v) is 11.5. The molecular weight excluding hydrogens is 276 g/mol. The van der Waals surface area contributed by atoms with Gasteiger partial charge >= 0.3 is 0 Å². The zero-order valence-electron chi connectivity index (χ0n) is 11.5. The monoisotopic (exact) mass is 290 g/mol. The maximum atomic E-state index is 12.6. The number of benzene rings is 2. The first-order valence-corrected chi connectivity index (χ1v) is 5.99. The van der Waals surface area contributed by atoms with Gasteiger partial charge in [-0.3, -0.25) is 4.79 Å². The van der Waals surface area contributed by atoms with E-state index in [0.717, 1.165) is 6.07 Å². The Bertz CT molecular complexity index is 647. The molecule has 2 aromatic carbocycles. The fourth-order valence-electron chi connectivity index (χ4n) is 1.99. The molecule has 0 aromatic heterocycles. The van der Waals surface area contributed by atoms with Crippen molar-refractivity contribution < 1.29 is 29.6 Å². The first-order chi connectivity index (χ1) is 9.96. The summed E-state index contributed by atoms with van der Waals surface area (Å²) in [5.41, 5.74) is 0.151. The van der Waals surface area contributed by atoms with Crippen molar-refractivity contribution in [3.63, 3.8) is 0 Å². The molecule has 3 N–H and O–H groups in total. The predicted octanol–water partition coefficient (Wildman–Crippen LogP) is 2.05. The molecule has 0 unspecified atom stereocenters. The molecule has 0 aliphatic heterocycles. The van der Waals surface area contributed by atoms with Crippen molar-refractivity contribution in [1.29, 1.82) is 0 Å². The Morgan fingerprint density at radius 3 is 1.67 bits per heavy atom. The Labute approximate surface area is 120 Å². The van der Waals surface area contributed by atoms with Crippen LogP contribution in [0.4, 0.5) is 0 Å². The molecular formula is C15H14O6. The number of rotatable bonds is 4. The average molecular weight is 290 g/mol. The number of aromatic hydroxyl groups is 3. The Morgan fingerprint density at radius 2 is 1.24 bits per heavy atom. The fourth-order valence-corrected chi connectivity index (χ4v) is 1.99. The van der Waals surface area contributed by atoms with Crippen LogP contribution in [0, 0.1) is 0 Å². The largest absolute Gasteiger partial charge is 0.508 e. The number of hydrogen-bond donors (Lipinski definition) is 3. The molecule has 2 rings (SSSR count). The van der Waals surface area contributed by atoms with Gasteiger partial charge in [-0.25, -0.2) is 0 Å². The van der Waals surface area contributed by atoms with Crippen LogP contribution >= 0.6 is 0 Å². The highest BCUT2D eigenvalue weighted by molar-refractivity contribution is 6.13. The van der Waals surface area contributed by atoms with Crippen molar-refractivity contribution in [2.45, 2.75) is 0 Å². The van der Waals surface area contributed by atoms with Crippen molar-refractivity contribution in [1.82, 2.24) is 0 Å². The van der Waals surface area contributed by atoms with Crippen LogP contribution in [-0.4, -0.2) is 35.3 Å².